The van der Waals surface area contributed by atoms with E-state index in [9.17, 15) is 22.0 Å². The first kappa shape index (κ1) is 14.3. The molecule has 0 radical (unpaired) electrons. The number of nitrogens with zero attached hydrogens (tertiary/aromatic N) is 1. The molecule has 6 nitrogen and oxygen atoms in total. The van der Waals surface area contributed by atoms with Crippen LogP contribution in [0.3, 0.4) is 0 Å². The van der Waals surface area contributed by atoms with Crippen LogP contribution in [0.2, 0.25) is 0 Å². The van der Waals surface area contributed by atoms with Crippen molar-refractivity contribution in [1.82, 2.24) is 4.31 Å². The first-order valence-electron chi connectivity index (χ1n) is 4.63. The summed E-state index contributed by atoms with van der Waals surface area (Å²) in [6.07, 6.45) is 0. The summed E-state index contributed by atoms with van der Waals surface area (Å²) < 4.78 is 51.0. The lowest BCUT2D eigenvalue weighted by atomic mass is 10.3. The van der Waals surface area contributed by atoms with Crippen LogP contribution in [-0.2, 0) is 15.0 Å². The molecule has 1 aromatic rings. The Labute approximate surface area is 102 Å². The monoisotopic (exact) mass is 280 g/mol. The van der Waals surface area contributed by atoms with Gasteiger partial charge in [0.05, 0.1) is 5.69 Å². The van der Waals surface area contributed by atoms with E-state index in [1.807, 2.05) is 4.72 Å². The minimum atomic E-state index is -4.12. The van der Waals surface area contributed by atoms with Crippen molar-refractivity contribution < 1.29 is 27.1 Å². The predicted molar refractivity (Wildman–Crippen MR) is 59.2 cm³/mol. The molecule has 0 saturated carbocycles. The Morgan fingerprint density at radius 1 is 1.39 bits per heavy atom. The van der Waals surface area contributed by atoms with Gasteiger partial charge in [-0.2, -0.15) is 12.7 Å². The second-order valence-electron chi connectivity index (χ2n) is 3.39. The van der Waals surface area contributed by atoms with E-state index in [2.05, 4.69) is 0 Å². The van der Waals surface area contributed by atoms with Crippen molar-refractivity contribution in [2.75, 3.05) is 18.3 Å². The molecule has 1 aromatic carbocycles. The van der Waals surface area contributed by atoms with Gasteiger partial charge in [-0.15, -0.1) is 0 Å². The van der Waals surface area contributed by atoms with Crippen LogP contribution in [0.4, 0.5) is 14.5 Å². The zero-order chi connectivity index (χ0) is 13.9. The summed E-state index contributed by atoms with van der Waals surface area (Å²) in [5.41, 5.74) is -0.203. The van der Waals surface area contributed by atoms with Gasteiger partial charge in [0.1, 0.15) is 6.54 Å². The van der Waals surface area contributed by atoms with Crippen LogP contribution in [0.15, 0.2) is 18.2 Å². The van der Waals surface area contributed by atoms with Gasteiger partial charge < -0.3 is 5.11 Å². The Balaban J connectivity index is 2.88. The number of hydrogen-bond acceptors (Lipinski definition) is 3. The van der Waals surface area contributed by atoms with Crippen molar-refractivity contribution >= 4 is 21.9 Å². The Morgan fingerprint density at radius 2 is 2.00 bits per heavy atom. The van der Waals surface area contributed by atoms with Gasteiger partial charge >= 0.3 is 16.2 Å². The minimum Gasteiger partial charge on any atom is -0.480 e. The maximum atomic E-state index is 12.8. The van der Waals surface area contributed by atoms with Crippen molar-refractivity contribution in [1.29, 1.82) is 0 Å². The molecule has 1 rings (SSSR count). The molecule has 0 atom stereocenters. The Kier molecular flexibility index (Phi) is 4.19. The number of anilines is 1. The summed E-state index contributed by atoms with van der Waals surface area (Å²) >= 11 is 0. The molecule has 0 aliphatic heterocycles. The predicted octanol–water partition coefficient (Wildman–Crippen LogP) is 0.638. The fourth-order valence-corrected chi connectivity index (χ4v) is 1.92. The summed E-state index contributed by atoms with van der Waals surface area (Å²) in [4.78, 5) is 10.4. The number of carboxylic acids is 1. The number of aliphatic carboxylic acids is 1. The van der Waals surface area contributed by atoms with Gasteiger partial charge in [-0.1, -0.05) is 0 Å². The molecule has 0 heterocycles. The molecule has 9 heteroatoms. The van der Waals surface area contributed by atoms with Gasteiger partial charge in [-0.05, 0) is 12.1 Å². The zero-order valence-electron chi connectivity index (χ0n) is 9.22. The van der Waals surface area contributed by atoms with Gasteiger partial charge in [0.15, 0.2) is 11.6 Å². The summed E-state index contributed by atoms with van der Waals surface area (Å²) in [6, 6.07) is 2.43. The fraction of sp³-hybridized carbons (Fsp3) is 0.222. The molecule has 0 spiro atoms. The number of likely N-dealkylation sites (N-methyl/N-ethyl adjacent to an activating group) is 1. The molecule has 0 unspecified atom stereocenters. The van der Waals surface area contributed by atoms with Crippen LogP contribution in [-0.4, -0.2) is 37.4 Å². The lowest BCUT2D eigenvalue weighted by molar-refractivity contribution is -0.137. The number of hydrogen-bond donors (Lipinski definition) is 2. The average Bonchev–Trinajstić information content (AvgIpc) is 2.22. The number of carboxylic acid groups (broad SMARTS) is 1. The molecule has 0 bridgehead atoms. The van der Waals surface area contributed by atoms with E-state index < -0.39 is 34.4 Å². The van der Waals surface area contributed by atoms with E-state index in [1.165, 1.54) is 0 Å². The van der Waals surface area contributed by atoms with Crippen molar-refractivity contribution in [3.05, 3.63) is 29.8 Å². The molecule has 0 saturated heterocycles. The highest BCUT2D eigenvalue weighted by molar-refractivity contribution is 7.90. The second-order valence-corrected chi connectivity index (χ2v) is 5.16. The number of nitrogens with one attached hydrogen (secondary N) is 1. The molecule has 0 aliphatic carbocycles. The summed E-state index contributed by atoms with van der Waals surface area (Å²) in [6.45, 7) is -0.751. The molecule has 0 aromatic heterocycles. The van der Waals surface area contributed by atoms with Crippen molar-refractivity contribution in [3.63, 3.8) is 0 Å². The molecule has 0 aliphatic rings. The smallest absolute Gasteiger partial charge is 0.318 e. The standard InChI is InChI=1S/C9H10F2N2O4S/c1-13(5-9(14)15)18(16,17)12-6-2-3-7(10)8(11)4-6/h2-4,12H,5H2,1H3,(H,14,15). The van der Waals surface area contributed by atoms with E-state index in [0.29, 0.717) is 10.4 Å². The Hall–Kier alpha value is -1.74. The molecular weight excluding hydrogens is 270 g/mol. The lowest BCUT2D eigenvalue weighted by Crippen LogP contribution is -2.36. The highest BCUT2D eigenvalue weighted by atomic mass is 32.2. The highest BCUT2D eigenvalue weighted by Crippen LogP contribution is 2.15. The second kappa shape index (κ2) is 5.27. The van der Waals surface area contributed by atoms with Crippen LogP contribution < -0.4 is 4.72 Å². The Bertz CT molecular complexity index is 562. The number of benzene rings is 1. The van der Waals surface area contributed by atoms with E-state index in [0.717, 1.165) is 19.2 Å². The third kappa shape index (κ3) is 3.64. The number of carbonyl (C=O) groups is 1. The van der Waals surface area contributed by atoms with Gasteiger partial charge in [0, 0.05) is 13.1 Å². The van der Waals surface area contributed by atoms with Gasteiger partial charge in [0.25, 0.3) is 0 Å². The van der Waals surface area contributed by atoms with Crippen LogP contribution in [0, 0.1) is 11.6 Å². The largest absolute Gasteiger partial charge is 0.480 e. The summed E-state index contributed by atoms with van der Waals surface area (Å²) in [7, 11) is -3.09. The average molecular weight is 280 g/mol. The quantitative estimate of drug-likeness (QED) is 0.828. The Morgan fingerprint density at radius 3 is 2.50 bits per heavy atom. The fourth-order valence-electron chi connectivity index (χ4n) is 1.06. The van der Waals surface area contributed by atoms with Crippen molar-refractivity contribution in [2.24, 2.45) is 0 Å². The summed E-state index contributed by atoms with van der Waals surface area (Å²) in [5.74, 6) is -3.67. The van der Waals surface area contributed by atoms with Crippen LogP contribution in [0.25, 0.3) is 0 Å². The third-order valence-electron chi connectivity index (χ3n) is 1.93. The maximum Gasteiger partial charge on any atom is 0.318 e. The minimum absolute atomic E-state index is 0.203. The molecule has 0 amide bonds. The topological polar surface area (TPSA) is 86.7 Å². The molecule has 18 heavy (non-hydrogen) atoms. The van der Waals surface area contributed by atoms with Crippen LogP contribution in [0.5, 0.6) is 0 Å². The molecule has 2 N–H and O–H groups in total. The van der Waals surface area contributed by atoms with E-state index in [4.69, 9.17) is 5.11 Å². The highest BCUT2D eigenvalue weighted by Gasteiger charge is 2.20. The van der Waals surface area contributed by atoms with Crippen LogP contribution in [0.1, 0.15) is 0 Å². The number of rotatable bonds is 5. The van der Waals surface area contributed by atoms with Crippen LogP contribution >= 0.6 is 0 Å². The molecular formula is C9H10F2N2O4S. The summed E-state index contributed by atoms with van der Waals surface area (Å²) in [5, 5.41) is 8.45. The van der Waals surface area contributed by atoms with Gasteiger partial charge in [0.2, 0.25) is 0 Å². The van der Waals surface area contributed by atoms with Gasteiger partial charge in [-0.3, -0.25) is 9.52 Å². The normalized spacial score (nSPS) is 11.6. The first-order valence-corrected chi connectivity index (χ1v) is 6.07. The van der Waals surface area contributed by atoms with E-state index in [-0.39, 0.29) is 5.69 Å². The molecule has 0 fully saturated rings. The maximum absolute atomic E-state index is 12.8. The zero-order valence-corrected chi connectivity index (χ0v) is 10.0. The molecule has 100 valence electrons. The van der Waals surface area contributed by atoms with Crippen molar-refractivity contribution in [2.45, 2.75) is 0 Å². The SMILES string of the molecule is CN(CC(=O)O)S(=O)(=O)Nc1ccc(F)c(F)c1. The number of halogens is 2. The third-order valence-corrected chi connectivity index (χ3v) is 3.38. The van der Waals surface area contributed by atoms with E-state index in [1.54, 1.807) is 0 Å². The van der Waals surface area contributed by atoms with Crippen molar-refractivity contribution in [3.8, 4) is 0 Å². The van der Waals surface area contributed by atoms with E-state index >= 15 is 0 Å². The van der Waals surface area contributed by atoms with Gasteiger partial charge in [-0.25, -0.2) is 8.78 Å². The first-order chi connectivity index (χ1) is 8.22. The lowest BCUT2D eigenvalue weighted by Gasteiger charge is -2.16.